The van der Waals surface area contributed by atoms with E-state index in [-0.39, 0.29) is 5.91 Å². The molecule has 1 aliphatic heterocycles. The summed E-state index contributed by atoms with van der Waals surface area (Å²) in [5.41, 5.74) is -0.0468. The summed E-state index contributed by atoms with van der Waals surface area (Å²) in [6, 6.07) is 8.80. The molecule has 0 saturated carbocycles. The Labute approximate surface area is 164 Å². The van der Waals surface area contributed by atoms with Crippen molar-refractivity contribution >= 4 is 23.8 Å². The highest BCUT2D eigenvalue weighted by atomic mass is 16.5. The van der Waals surface area contributed by atoms with Crippen molar-refractivity contribution in [2.45, 2.75) is 45.2 Å². The molecule has 0 radical (unpaired) electrons. The fraction of sp³-hybridized carbons (Fsp3) is 0.500. The smallest absolute Gasteiger partial charge is 0.326 e. The summed E-state index contributed by atoms with van der Waals surface area (Å²) in [5, 5.41) is 2.64. The van der Waals surface area contributed by atoms with Gasteiger partial charge in [-0.1, -0.05) is 50.1 Å². The zero-order chi connectivity index (χ0) is 20.7. The number of esters is 1. The van der Waals surface area contributed by atoms with Crippen LogP contribution in [0, 0.1) is 0 Å². The number of imide groups is 1. The molecular formula is C20H27N3O5. The lowest BCUT2D eigenvalue weighted by molar-refractivity contribution is -0.153. The van der Waals surface area contributed by atoms with Gasteiger partial charge < -0.3 is 15.0 Å². The predicted molar refractivity (Wildman–Crippen MR) is 102 cm³/mol. The second kappa shape index (κ2) is 9.34. The molecule has 0 aromatic heterocycles. The van der Waals surface area contributed by atoms with Gasteiger partial charge in [0.1, 0.15) is 12.1 Å². The number of likely N-dealkylation sites (N-methyl/N-ethyl adjacent to an activating group) is 1. The molecule has 4 amide bonds. The molecule has 8 heteroatoms. The lowest BCUT2D eigenvalue weighted by atomic mass is 9.95. The Bertz CT molecular complexity index is 737. The molecule has 0 aliphatic carbocycles. The number of carbonyl (C=O) groups excluding carboxylic acids is 4. The number of hydrogen-bond donors (Lipinski definition) is 1. The first kappa shape index (κ1) is 21.4. The largest absolute Gasteiger partial charge is 0.454 e. The van der Waals surface area contributed by atoms with Gasteiger partial charge in [0.05, 0.1) is 0 Å². The minimum Gasteiger partial charge on any atom is -0.454 e. The second-order valence-corrected chi connectivity index (χ2v) is 7.15. The van der Waals surface area contributed by atoms with Crippen molar-refractivity contribution in [1.29, 1.82) is 0 Å². The summed E-state index contributed by atoms with van der Waals surface area (Å²) in [5.74, 6) is -1.62. The average molecular weight is 389 g/mol. The van der Waals surface area contributed by atoms with E-state index in [1.807, 2.05) is 37.3 Å². The molecule has 0 bridgehead atoms. The van der Waals surface area contributed by atoms with E-state index in [4.69, 9.17) is 4.74 Å². The van der Waals surface area contributed by atoms with Gasteiger partial charge in [-0.15, -0.1) is 0 Å². The fourth-order valence-electron chi connectivity index (χ4n) is 2.96. The van der Waals surface area contributed by atoms with Crippen molar-refractivity contribution in [2.75, 3.05) is 20.2 Å². The van der Waals surface area contributed by atoms with Crippen LogP contribution >= 0.6 is 0 Å². The van der Waals surface area contributed by atoms with Crippen LogP contribution in [0.1, 0.15) is 38.7 Å². The third-order valence-electron chi connectivity index (χ3n) is 4.71. The number of nitrogens with one attached hydrogen (secondary N) is 1. The average Bonchev–Trinajstić information content (AvgIpc) is 2.88. The topological polar surface area (TPSA) is 96.0 Å². The van der Waals surface area contributed by atoms with Crippen LogP contribution in [0.15, 0.2) is 30.3 Å². The first-order valence-electron chi connectivity index (χ1n) is 9.34. The lowest BCUT2D eigenvalue weighted by Crippen LogP contribution is -2.44. The van der Waals surface area contributed by atoms with E-state index in [1.165, 1.54) is 4.90 Å². The van der Waals surface area contributed by atoms with Gasteiger partial charge in [0.25, 0.3) is 11.8 Å². The Balaban J connectivity index is 1.82. The molecule has 1 aromatic rings. The summed E-state index contributed by atoms with van der Waals surface area (Å²) in [6.45, 7) is 3.07. The molecule has 8 nitrogen and oxygen atoms in total. The van der Waals surface area contributed by atoms with Gasteiger partial charge in [0.15, 0.2) is 6.61 Å². The van der Waals surface area contributed by atoms with Crippen molar-refractivity contribution in [1.82, 2.24) is 15.1 Å². The van der Waals surface area contributed by atoms with Crippen LogP contribution < -0.4 is 5.32 Å². The molecule has 0 spiro atoms. The molecule has 0 unspecified atom stereocenters. The quantitative estimate of drug-likeness (QED) is 0.512. The van der Waals surface area contributed by atoms with Crippen molar-refractivity contribution < 1.29 is 23.9 Å². The Morgan fingerprint density at radius 3 is 2.54 bits per heavy atom. The Morgan fingerprint density at radius 1 is 1.21 bits per heavy atom. The molecule has 1 saturated heterocycles. The summed E-state index contributed by atoms with van der Waals surface area (Å²) < 4.78 is 4.97. The maximum Gasteiger partial charge on any atom is 0.326 e. The molecule has 1 N–H and O–H groups in total. The Kier molecular flexibility index (Phi) is 7.14. The number of nitrogens with zero attached hydrogens (tertiary/aromatic N) is 2. The molecule has 2 rings (SSSR count). The van der Waals surface area contributed by atoms with E-state index in [0.29, 0.717) is 13.0 Å². The molecule has 1 aromatic carbocycles. The van der Waals surface area contributed by atoms with E-state index in [0.717, 1.165) is 23.3 Å². The standard InChI is InChI=1S/C20H27N3O5/c1-4-5-11-20(2)18(26)23(19(27)21-20)13-17(25)28-14-16(24)22(3)12-15-9-7-6-8-10-15/h6-10H,4-5,11-14H2,1-3H3,(H,21,27)/t20-/m0/s1. The Morgan fingerprint density at radius 2 is 1.89 bits per heavy atom. The molecule has 152 valence electrons. The molecular weight excluding hydrogens is 362 g/mol. The van der Waals surface area contributed by atoms with Crippen LogP contribution in [0.4, 0.5) is 4.79 Å². The van der Waals surface area contributed by atoms with E-state index in [1.54, 1.807) is 14.0 Å². The van der Waals surface area contributed by atoms with Gasteiger partial charge >= 0.3 is 12.0 Å². The number of ether oxygens (including phenoxy) is 1. The third kappa shape index (κ3) is 5.31. The maximum atomic E-state index is 12.5. The number of hydrogen-bond acceptors (Lipinski definition) is 5. The van der Waals surface area contributed by atoms with E-state index >= 15 is 0 Å². The van der Waals surface area contributed by atoms with Gasteiger partial charge in [0, 0.05) is 13.6 Å². The number of rotatable bonds is 9. The highest BCUT2D eigenvalue weighted by Gasteiger charge is 2.47. The zero-order valence-electron chi connectivity index (χ0n) is 16.6. The third-order valence-corrected chi connectivity index (χ3v) is 4.71. The van der Waals surface area contributed by atoms with E-state index in [9.17, 15) is 19.2 Å². The van der Waals surface area contributed by atoms with Crippen LogP contribution in [0.25, 0.3) is 0 Å². The Hall–Kier alpha value is -2.90. The van der Waals surface area contributed by atoms with Gasteiger partial charge in [0.2, 0.25) is 0 Å². The lowest BCUT2D eigenvalue weighted by Gasteiger charge is -2.21. The van der Waals surface area contributed by atoms with Gasteiger partial charge in [-0.05, 0) is 18.9 Å². The first-order chi connectivity index (χ1) is 13.3. The van der Waals surface area contributed by atoms with Gasteiger partial charge in [-0.2, -0.15) is 0 Å². The zero-order valence-corrected chi connectivity index (χ0v) is 16.6. The van der Waals surface area contributed by atoms with Crippen LogP contribution in [0.3, 0.4) is 0 Å². The predicted octanol–water partition coefficient (Wildman–Crippen LogP) is 1.69. The van der Waals surface area contributed by atoms with E-state index < -0.39 is 36.6 Å². The van der Waals surface area contributed by atoms with Crippen LogP contribution in [-0.2, 0) is 25.7 Å². The van der Waals surface area contributed by atoms with Crippen LogP contribution in [0.2, 0.25) is 0 Å². The second-order valence-electron chi connectivity index (χ2n) is 7.15. The summed E-state index contributed by atoms with van der Waals surface area (Å²) in [6.07, 6.45) is 2.17. The summed E-state index contributed by atoms with van der Waals surface area (Å²) in [7, 11) is 1.61. The molecule has 1 fully saturated rings. The van der Waals surface area contributed by atoms with Crippen molar-refractivity contribution in [3.05, 3.63) is 35.9 Å². The number of benzene rings is 1. The number of amides is 4. The van der Waals surface area contributed by atoms with E-state index in [2.05, 4.69) is 5.32 Å². The molecule has 1 aliphatic rings. The minimum atomic E-state index is -1.00. The van der Waals surface area contributed by atoms with Crippen LogP contribution in [0.5, 0.6) is 0 Å². The number of urea groups is 1. The highest BCUT2D eigenvalue weighted by molar-refractivity contribution is 6.08. The summed E-state index contributed by atoms with van der Waals surface area (Å²) >= 11 is 0. The first-order valence-corrected chi connectivity index (χ1v) is 9.34. The van der Waals surface area contributed by atoms with Crippen molar-refractivity contribution in [3.8, 4) is 0 Å². The minimum absolute atomic E-state index is 0.373. The van der Waals surface area contributed by atoms with Crippen LogP contribution in [-0.4, -0.2) is 59.4 Å². The van der Waals surface area contributed by atoms with Crippen molar-refractivity contribution in [3.63, 3.8) is 0 Å². The number of unbranched alkanes of at least 4 members (excludes halogenated alkanes) is 1. The number of carbonyl (C=O) groups is 4. The summed E-state index contributed by atoms with van der Waals surface area (Å²) in [4.78, 5) is 51.0. The van der Waals surface area contributed by atoms with Gasteiger partial charge in [-0.3, -0.25) is 19.3 Å². The molecule has 1 atom stereocenters. The maximum absolute atomic E-state index is 12.5. The normalized spacial score (nSPS) is 18.8. The highest BCUT2D eigenvalue weighted by Crippen LogP contribution is 2.23. The SMILES string of the molecule is CCCC[C@]1(C)NC(=O)N(CC(=O)OCC(=O)N(C)Cc2ccccc2)C1=O. The van der Waals surface area contributed by atoms with Crippen molar-refractivity contribution in [2.24, 2.45) is 0 Å². The van der Waals surface area contributed by atoms with Gasteiger partial charge in [-0.25, -0.2) is 4.79 Å². The fourth-order valence-corrected chi connectivity index (χ4v) is 2.96. The molecule has 1 heterocycles. The molecule has 28 heavy (non-hydrogen) atoms. The monoisotopic (exact) mass is 389 g/mol.